The van der Waals surface area contributed by atoms with Gasteiger partial charge in [-0.3, -0.25) is 9.69 Å². The molecule has 1 saturated heterocycles. The summed E-state index contributed by atoms with van der Waals surface area (Å²) in [5.74, 6) is -1.30. The van der Waals surface area contributed by atoms with Crippen LogP contribution in [0.15, 0.2) is 54.7 Å². The van der Waals surface area contributed by atoms with Gasteiger partial charge in [0, 0.05) is 80.2 Å². The molecule has 0 aliphatic carbocycles. The third kappa shape index (κ3) is 10.4. The van der Waals surface area contributed by atoms with Gasteiger partial charge in [-0.2, -0.15) is 0 Å². The van der Waals surface area contributed by atoms with Crippen molar-refractivity contribution in [2.75, 3.05) is 54.8 Å². The fraction of sp³-hybridized carbons (Fsp3) is 0.406. The van der Waals surface area contributed by atoms with Crippen LogP contribution in [0.25, 0.3) is 0 Å². The molecule has 4 rings (SSSR count). The number of halogens is 2. The fourth-order valence-corrected chi connectivity index (χ4v) is 4.90. The van der Waals surface area contributed by atoms with Crippen molar-refractivity contribution in [3.8, 4) is 0 Å². The minimum Gasteiger partial charge on any atom is -0.444 e. The van der Waals surface area contributed by atoms with Gasteiger partial charge in [-0.1, -0.05) is 0 Å². The number of anilines is 4. The molecule has 1 fully saturated rings. The van der Waals surface area contributed by atoms with Crippen molar-refractivity contribution in [2.45, 2.75) is 45.8 Å². The normalized spacial score (nSPS) is 13.8. The third-order valence-electron chi connectivity index (χ3n) is 6.95. The minimum atomic E-state index is -0.661. The summed E-state index contributed by atoms with van der Waals surface area (Å²) in [7, 11) is 0. The summed E-state index contributed by atoms with van der Waals surface area (Å²) in [5, 5.41) is 9.23. The first-order chi connectivity index (χ1) is 20.9. The predicted molar refractivity (Wildman–Crippen MR) is 168 cm³/mol. The number of carbonyl (C=O) groups is 2. The number of carbonyl (C=O) groups excluding carboxylic acids is 2. The molecule has 1 aliphatic heterocycles. The van der Waals surface area contributed by atoms with Crippen molar-refractivity contribution in [3.63, 3.8) is 0 Å². The van der Waals surface area contributed by atoms with Crippen LogP contribution in [0.5, 0.6) is 0 Å². The van der Waals surface area contributed by atoms with Crippen molar-refractivity contribution in [1.29, 1.82) is 0 Å². The molecule has 2 heterocycles. The van der Waals surface area contributed by atoms with Gasteiger partial charge in [0.15, 0.2) is 0 Å². The summed E-state index contributed by atoms with van der Waals surface area (Å²) in [4.78, 5) is 32.5. The molecule has 1 aromatic heterocycles. The number of hydrogen-bond acceptors (Lipinski definition) is 8. The van der Waals surface area contributed by atoms with Crippen molar-refractivity contribution in [3.05, 3.63) is 77.5 Å². The average molecular weight is 610 g/mol. The van der Waals surface area contributed by atoms with Gasteiger partial charge in [-0.25, -0.2) is 18.6 Å². The Kier molecular flexibility index (Phi) is 10.9. The van der Waals surface area contributed by atoms with Crippen LogP contribution in [-0.2, 0) is 22.5 Å². The quantitative estimate of drug-likeness (QED) is 0.216. The monoisotopic (exact) mass is 609 g/mol. The number of hydrogen-bond donors (Lipinski definition) is 4. The Morgan fingerprint density at radius 2 is 1.68 bits per heavy atom. The molecule has 2 amide bonds. The molecule has 3 aromatic rings. The van der Waals surface area contributed by atoms with Crippen LogP contribution in [0.2, 0.25) is 0 Å². The van der Waals surface area contributed by atoms with Gasteiger partial charge in [0.25, 0.3) is 0 Å². The lowest BCUT2D eigenvalue weighted by atomic mass is 10.1. The lowest BCUT2D eigenvalue weighted by Crippen LogP contribution is -2.47. The minimum absolute atomic E-state index is 0.0297. The van der Waals surface area contributed by atoms with Crippen LogP contribution in [0.1, 0.15) is 38.3 Å². The highest BCUT2D eigenvalue weighted by Crippen LogP contribution is 2.25. The molecule has 5 N–H and O–H groups in total. The lowest BCUT2D eigenvalue weighted by molar-refractivity contribution is -0.117. The average Bonchev–Trinajstić information content (AvgIpc) is 2.94. The summed E-state index contributed by atoms with van der Waals surface area (Å²) >= 11 is 0. The van der Waals surface area contributed by atoms with Crippen molar-refractivity contribution < 1.29 is 23.1 Å². The van der Waals surface area contributed by atoms with Crippen LogP contribution in [-0.4, -0.2) is 66.8 Å². The van der Waals surface area contributed by atoms with E-state index in [1.807, 2.05) is 32.9 Å². The Hall–Kier alpha value is -4.45. The maximum atomic E-state index is 13.6. The van der Waals surface area contributed by atoms with Crippen LogP contribution in [0.4, 0.5) is 36.5 Å². The molecule has 236 valence electrons. The highest BCUT2D eigenvalue weighted by Gasteiger charge is 2.18. The van der Waals surface area contributed by atoms with Gasteiger partial charge in [0.05, 0.1) is 6.42 Å². The van der Waals surface area contributed by atoms with Crippen molar-refractivity contribution in [2.24, 2.45) is 5.73 Å². The molecule has 12 heteroatoms. The number of primary amides is 1. The van der Waals surface area contributed by atoms with E-state index in [1.54, 1.807) is 12.3 Å². The van der Waals surface area contributed by atoms with Crippen LogP contribution >= 0.6 is 0 Å². The number of nitrogens with one attached hydrogen (secondary N) is 3. The van der Waals surface area contributed by atoms with E-state index < -0.39 is 23.1 Å². The van der Waals surface area contributed by atoms with E-state index >= 15 is 0 Å². The first-order valence-corrected chi connectivity index (χ1v) is 14.7. The Balaban J connectivity index is 1.28. The number of pyridine rings is 1. The summed E-state index contributed by atoms with van der Waals surface area (Å²) in [6.07, 6.45) is 2.01. The predicted octanol–water partition coefficient (Wildman–Crippen LogP) is 4.78. The molecule has 0 spiro atoms. The smallest absolute Gasteiger partial charge is 0.407 e. The summed E-state index contributed by atoms with van der Waals surface area (Å²) in [5.41, 5.74) is 8.44. The molecule has 1 aliphatic rings. The van der Waals surface area contributed by atoms with Gasteiger partial charge < -0.3 is 31.3 Å². The van der Waals surface area contributed by atoms with Gasteiger partial charge in [0.1, 0.15) is 23.1 Å². The first kappa shape index (κ1) is 32.5. The summed E-state index contributed by atoms with van der Waals surface area (Å²) < 4.78 is 32.5. The van der Waals surface area contributed by atoms with E-state index in [4.69, 9.17) is 10.5 Å². The number of nitrogens with two attached hydrogens (primary N) is 1. The van der Waals surface area contributed by atoms with Crippen LogP contribution in [0.3, 0.4) is 0 Å². The Labute approximate surface area is 257 Å². The Morgan fingerprint density at radius 3 is 2.32 bits per heavy atom. The lowest BCUT2D eigenvalue weighted by Gasteiger charge is -2.36. The molecule has 10 nitrogen and oxygen atoms in total. The number of alkyl carbamates (subject to hydrolysis) is 1. The SMILES string of the molecule is CC(C)(C)OC(=O)NCCCN1CCN(c2ccc(Nc3cc(NCc4cc(F)cc(F)c4)c(CC(N)=O)cn3)cc2)CC1. The van der Waals surface area contributed by atoms with Gasteiger partial charge in [-0.05, 0) is 75.7 Å². The number of piperazine rings is 1. The summed E-state index contributed by atoms with van der Waals surface area (Å²) in [6.45, 7) is 10.9. The third-order valence-corrected chi connectivity index (χ3v) is 6.95. The number of amides is 2. The van der Waals surface area contributed by atoms with E-state index in [0.717, 1.165) is 56.6 Å². The number of aromatic nitrogens is 1. The molecule has 2 aromatic carbocycles. The highest BCUT2D eigenvalue weighted by molar-refractivity contribution is 5.79. The largest absolute Gasteiger partial charge is 0.444 e. The van der Waals surface area contributed by atoms with E-state index in [1.165, 1.54) is 12.1 Å². The van der Waals surface area contributed by atoms with E-state index in [2.05, 4.69) is 42.9 Å². The van der Waals surface area contributed by atoms with Gasteiger partial charge in [0.2, 0.25) is 5.91 Å². The molecule has 0 bridgehead atoms. The number of benzene rings is 2. The number of rotatable bonds is 12. The second-order valence-electron chi connectivity index (χ2n) is 11.8. The topological polar surface area (TPSA) is 125 Å². The van der Waals surface area contributed by atoms with Gasteiger partial charge in [-0.15, -0.1) is 0 Å². The second kappa shape index (κ2) is 14.8. The zero-order valence-electron chi connectivity index (χ0n) is 25.5. The Bertz CT molecular complexity index is 1400. The first-order valence-electron chi connectivity index (χ1n) is 14.7. The van der Waals surface area contributed by atoms with Crippen LogP contribution < -0.4 is 26.6 Å². The van der Waals surface area contributed by atoms with E-state index in [0.29, 0.717) is 29.2 Å². The molecular formula is C32H41F2N7O3. The van der Waals surface area contributed by atoms with Gasteiger partial charge >= 0.3 is 6.09 Å². The molecule has 0 saturated carbocycles. The van der Waals surface area contributed by atoms with Crippen molar-refractivity contribution in [1.82, 2.24) is 15.2 Å². The van der Waals surface area contributed by atoms with Crippen LogP contribution in [0, 0.1) is 11.6 Å². The fourth-order valence-electron chi connectivity index (χ4n) is 4.90. The standard InChI is InChI=1S/C32H41F2N7O3/c1-32(2,3)44-31(43)36-9-4-10-40-11-13-41(14-12-40)27-7-5-26(6-8-27)39-30-19-28(23(21-38-30)17-29(35)42)37-20-22-15-24(33)18-25(34)16-22/h5-8,15-16,18-19,21H,4,9-14,17,20H2,1-3H3,(H2,35,42)(H,36,43)(H2,37,38,39). The highest BCUT2D eigenvalue weighted by atomic mass is 19.1. The van der Waals surface area contributed by atoms with E-state index in [9.17, 15) is 18.4 Å². The number of ether oxygens (including phenoxy) is 1. The maximum absolute atomic E-state index is 13.6. The van der Waals surface area contributed by atoms with E-state index in [-0.39, 0.29) is 19.1 Å². The Morgan fingerprint density at radius 1 is 1.00 bits per heavy atom. The molecular weight excluding hydrogens is 568 g/mol. The molecule has 0 atom stereocenters. The molecule has 44 heavy (non-hydrogen) atoms. The molecule has 0 radical (unpaired) electrons. The molecule has 0 unspecified atom stereocenters. The zero-order valence-corrected chi connectivity index (χ0v) is 25.5. The second-order valence-corrected chi connectivity index (χ2v) is 11.8. The zero-order chi connectivity index (χ0) is 31.7. The summed E-state index contributed by atoms with van der Waals surface area (Å²) in [6, 6.07) is 13.1. The number of nitrogens with zero attached hydrogens (tertiary/aromatic N) is 3. The van der Waals surface area contributed by atoms with Crippen molar-refractivity contribution >= 4 is 34.9 Å². The maximum Gasteiger partial charge on any atom is 0.407 e.